The van der Waals surface area contributed by atoms with Gasteiger partial charge in [-0.25, -0.2) is 4.39 Å². The summed E-state index contributed by atoms with van der Waals surface area (Å²) in [6.07, 6.45) is 0. The summed E-state index contributed by atoms with van der Waals surface area (Å²) in [5, 5.41) is 6.04. The second kappa shape index (κ2) is 7.13. The summed E-state index contributed by atoms with van der Waals surface area (Å²) >= 11 is 5.90. The highest BCUT2D eigenvalue weighted by Gasteiger charge is 2.08. The van der Waals surface area contributed by atoms with Crippen LogP contribution < -0.4 is 15.4 Å². The summed E-state index contributed by atoms with van der Waals surface area (Å²) in [6.45, 7) is 1.68. The number of methoxy groups -OCH3 is 1. The quantitative estimate of drug-likeness (QED) is 0.879. The molecule has 0 aliphatic heterocycles. The normalized spacial score (nSPS) is 10.2. The van der Waals surface area contributed by atoms with Crippen LogP contribution in [0.15, 0.2) is 36.4 Å². The summed E-state index contributed by atoms with van der Waals surface area (Å²) in [7, 11) is 1.51. The third kappa shape index (κ3) is 4.11. The fourth-order valence-corrected chi connectivity index (χ4v) is 2.03. The first-order valence-electron chi connectivity index (χ1n) is 6.63. The molecule has 0 spiro atoms. The van der Waals surface area contributed by atoms with Gasteiger partial charge in [0.15, 0.2) is 0 Å². The molecule has 0 saturated carbocycles. The van der Waals surface area contributed by atoms with Crippen LogP contribution in [0.5, 0.6) is 5.75 Å². The first kappa shape index (κ1) is 16.1. The van der Waals surface area contributed by atoms with Crippen molar-refractivity contribution in [1.29, 1.82) is 0 Å². The van der Waals surface area contributed by atoms with E-state index in [0.717, 1.165) is 0 Å². The van der Waals surface area contributed by atoms with Crippen LogP contribution in [-0.2, 0) is 4.79 Å². The Kier molecular flexibility index (Phi) is 5.22. The molecule has 0 bridgehead atoms. The van der Waals surface area contributed by atoms with Gasteiger partial charge in [0.25, 0.3) is 0 Å². The number of halogens is 2. The number of anilines is 2. The average molecular weight is 323 g/mol. The highest BCUT2D eigenvalue weighted by molar-refractivity contribution is 6.31. The maximum atomic E-state index is 13.4. The van der Waals surface area contributed by atoms with Crippen molar-refractivity contribution in [2.75, 3.05) is 24.3 Å². The Labute approximate surface area is 133 Å². The fourth-order valence-electron chi connectivity index (χ4n) is 1.86. The lowest BCUT2D eigenvalue weighted by molar-refractivity contribution is -0.114. The summed E-state index contributed by atoms with van der Waals surface area (Å²) in [5.74, 6) is -0.0948. The van der Waals surface area contributed by atoms with Gasteiger partial charge in [-0.05, 0) is 42.8 Å². The van der Waals surface area contributed by atoms with Crippen molar-refractivity contribution >= 4 is 28.9 Å². The van der Waals surface area contributed by atoms with Crippen molar-refractivity contribution in [3.05, 3.63) is 52.8 Å². The molecule has 1 amide bonds. The molecule has 22 heavy (non-hydrogen) atoms. The number of carbonyl (C=O) groups excluding carboxylic acids is 1. The Hall–Kier alpha value is -2.27. The number of carbonyl (C=O) groups is 1. The molecule has 0 radical (unpaired) electrons. The summed E-state index contributed by atoms with van der Waals surface area (Å²) in [4.78, 5) is 12.0. The van der Waals surface area contributed by atoms with E-state index < -0.39 is 0 Å². The van der Waals surface area contributed by atoms with Crippen LogP contribution in [-0.4, -0.2) is 19.6 Å². The minimum Gasteiger partial charge on any atom is -0.495 e. The number of benzene rings is 2. The van der Waals surface area contributed by atoms with Gasteiger partial charge >= 0.3 is 0 Å². The summed E-state index contributed by atoms with van der Waals surface area (Å²) in [5.41, 5.74) is 1.58. The van der Waals surface area contributed by atoms with Gasteiger partial charge in [0.05, 0.1) is 19.3 Å². The molecule has 0 aromatic heterocycles. The first-order chi connectivity index (χ1) is 10.5. The van der Waals surface area contributed by atoms with Crippen molar-refractivity contribution in [3.8, 4) is 5.75 Å². The predicted molar refractivity (Wildman–Crippen MR) is 86.3 cm³/mol. The Bertz CT molecular complexity index is 692. The number of aryl methyl sites for hydroxylation is 1. The number of nitrogens with one attached hydrogen (secondary N) is 2. The highest BCUT2D eigenvalue weighted by atomic mass is 35.5. The Morgan fingerprint density at radius 1 is 1.27 bits per heavy atom. The molecule has 2 N–H and O–H groups in total. The molecule has 116 valence electrons. The van der Waals surface area contributed by atoms with Gasteiger partial charge < -0.3 is 15.4 Å². The van der Waals surface area contributed by atoms with E-state index >= 15 is 0 Å². The predicted octanol–water partition coefficient (Wildman–Crippen LogP) is 3.85. The molecule has 2 aromatic rings. The minimum absolute atomic E-state index is 0.00182. The van der Waals surface area contributed by atoms with Crippen molar-refractivity contribution < 1.29 is 13.9 Å². The van der Waals surface area contributed by atoms with E-state index in [-0.39, 0.29) is 18.3 Å². The van der Waals surface area contributed by atoms with Gasteiger partial charge in [-0.1, -0.05) is 17.7 Å². The molecular formula is C16H16ClFN2O2. The largest absolute Gasteiger partial charge is 0.495 e. The maximum Gasteiger partial charge on any atom is 0.243 e. The van der Waals surface area contributed by atoms with Crippen molar-refractivity contribution in [2.24, 2.45) is 0 Å². The Morgan fingerprint density at radius 3 is 2.73 bits per heavy atom. The second-order valence-electron chi connectivity index (χ2n) is 4.71. The average Bonchev–Trinajstić information content (AvgIpc) is 2.49. The molecule has 0 aliphatic rings. The second-order valence-corrected chi connectivity index (χ2v) is 5.15. The van der Waals surface area contributed by atoms with Gasteiger partial charge in [-0.15, -0.1) is 0 Å². The number of hydrogen-bond acceptors (Lipinski definition) is 3. The van der Waals surface area contributed by atoms with Crippen LogP contribution in [0.1, 0.15) is 5.56 Å². The standard InChI is InChI=1S/C16H16ClFN2O2/c1-10-3-5-12(8-13(10)18)19-9-16(21)20-14-7-11(17)4-6-15(14)22-2/h3-8,19H,9H2,1-2H3,(H,20,21). The van der Waals surface area contributed by atoms with Gasteiger partial charge in [-0.2, -0.15) is 0 Å². The van der Waals surface area contributed by atoms with Crippen LogP contribution >= 0.6 is 11.6 Å². The zero-order chi connectivity index (χ0) is 16.1. The van der Waals surface area contributed by atoms with Crippen LogP contribution in [0.4, 0.5) is 15.8 Å². The molecule has 0 saturated heterocycles. The van der Waals surface area contributed by atoms with Crippen LogP contribution in [0.3, 0.4) is 0 Å². The molecule has 6 heteroatoms. The monoisotopic (exact) mass is 322 g/mol. The molecular weight excluding hydrogens is 307 g/mol. The van der Waals surface area contributed by atoms with Gasteiger partial charge in [0.2, 0.25) is 5.91 Å². The van der Waals surface area contributed by atoms with E-state index in [4.69, 9.17) is 16.3 Å². The fraction of sp³-hybridized carbons (Fsp3) is 0.188. The van der Waals surface area contributed by atoms with Crippen molar-refractivity contribution in [2.45, 2.75) is 6.92 Å². The lowest BCUT2D eigenvalue weighted by Crippen LogP contribution is -2.22. The molecule has 2 aromatic carbocycles. The third-order valence-electron chi connectivity index (χ3n) is 3.06. The topological polar surface area (TPSA) is 50.4 Å². The SMILES string of the molecule is COc1ccc(Cl)cc1NC(=O)CNc1ccc(C)c(F)c1. The van der Waals surface area contributed by atoms with E-state index in [2.05, 4.69) is 10.6 Å². The summed E-state index contributed by atoms with van der Waals surface area (Å²) in [6, 6.07) is 9.65. The zero-order valence-electron chi connectivity index (χ0n) is 12.2. The molecule has 0 atom stereocenters. The van der Waals surface area contributed by atoms with Gasteiger partial charge in [0.1, 0.15) is 11.6 Å². The number of amides is 1. The van der Waals surface area contributed by atoms with E-state index in [0.29, 0.717) is 27.7 Å². The van der Waals surface area contributed by atoms with Gasteiger partial charge in [0, 0.05) is 10.7 Å². The number of rotatable bonds is 5. The molecule has 2 rings (SSSR count). The van der Waals surface area contributed by atoms with Crippen molar-refractivity contribution in [1.82, 2.24) is 0 Å². The zero-order valence-corrected chi connectivity index (χ0v) is 13.0. The summed E-state index contributed by atoms with van der Waals surface area (Å²) < 4.78 is 18.6. The number of hydrogen-bond donors (Lipinski definition) is 2. The molecule has 4 nitrogen and oxygen atoms in total. The number of ether oxygens (including phenoxy) is 1. The molecule has 0 heterocycles. The lowest BCUT2D eigenvalue weighted by Gasteiger charge is -2.11. The van der Waals surface area contributed by atoms with E-state index in [1.54, 1.807) is 37.3 Å². The Balaban J connectivity index is 1.98. The van der Waals surface area contributed by atoms with Crippen molar-refractivity contribution in [3.63, 3.8) is 0 Å². The minimum atomic E-state index is -0.318. The molecule has 0 aliphatic carbocycles. The molecule has 0 unspecified atom stereocenters. The Morgan fingerprint density at radius 2 is 2.05 bits per heavy atom. The highest BCUT2D eigenvalue weighted by Crippen LogP contribution is 2.27. The maximum absolute atomic E-state index is 13.4. The molecule has 0 fully saturated rings. The first-order valence-corrected chi connectivity index (χ1v) is 7.01. The van der Waals surface area contributed by atoms with E-state index in [1.165, 1.54) is 13.2 Å². The van der Waals surface area contributed by atoms with E-state index in [9.17, 15) is 9.18 Å². The van der Waals surface area contributed by atoms with Gasteiger partial charge in [-0.3, -0.25) is 4.79 Å². The van der Waals surface area contributed by atoms with E-state index in [1.807, 2.05) is 0 Å². The van der Waals surface area contributed by atoms with Crippen LogP contribution in [0.2, 0.25) is 5.02 Å². The van der Waals surface area contributed by atoms with Crippen LogP contribution in [0, 0.1) is 12.7 Å². The smallest absolute Gasteiger partial charge is 0.243 e. The lowest BCUT2D eigenvalue weighted by atomic mass is 10.2. The van der Waals surface area contributed by atoms with Crippen LogP contribution in [0.25, 0.3) is 0 Å². The third-order valence-corrected chi connectivity index (χ3v) is 3.30.